The minimum atomic E-state index is -1.27. The highest BCUT2D eigenvalue weighted by Gasteiger charge is 2.39. The van der Waals surface area contributed by atoms with E-state index in [1.54, 1.807) is 24.3 Å². The summed E-state index contributed by atoms with van der Waals surface area (Å²) in [5, 5.41) is 2.76. The molecular weight excluding hydrogens is 245 g/mol. The second-order valence-corrected chi connectivity index (χ2v) is 4.46. The zero-order chi connectivity index (χ0) is 14.0. The molecule has 1 aromatic rings. The highest BCUT2D eigenvalue weighted by Crippen LogP contribution is 2.24. The highest BCUT2D eigenvalue weighted by molar-refractivity contribution is 6.31. The monoisotopic (exact) mass is 257 g/mol. The van der Waals surface area contributed by atoms with Crippen LogP contribution in [0.25, 0.3) is 0 Å². The van der Waals surface area contributed by atoms with Crippen molar-refractivity contribution in [2.45, 2.75) is 19.6 Å². The van der Waals surface area contributed by atoms with E-state index < -0.39 is 17.7 Å². The number of hydrogen-bond acceptors (Lipinski definition) is 5. The van der Waals surface area contributed by atoms with E-state index in [1.807, 2.05) is 6.07 Å². The van der Waals surface area contributed by atoms with Crippen LogP contribution in [0.2, 0.25) is 0 Å². The van der Waals surface area contributed by atoms with E-state index in [-0.39, 0.29) is 11.2 Å². The van der Waals surface area contributed by atoms with Crippen LogP contribution in [-0.2, 0) is 19.1 Å². The molecule has 6 heteroatoms. The van der Waals surface area contributed by atoms with Gasteiger partial charge >= 0.3 is 11.9 Å². The second-order valence-electron chi connectivity index (χ2n) is 4.46. The number of carbonyl (C=O) groups is 2. The van der Waals surface area contributed by atoms with Gasteiger partial charge in [0, 0.05) is 19.5 Å². The number of hydrogen-bond donors (Lipinski definition) is 1. The first-order valence-electron chi connectivity index (χ1n) is 5.67. The van der Waals surface area contributed by atoms with Gasteiger partial charge < -0.3 is 14.8 Å². The third-order valence-electron chi connectivity index (χ3n) is 2.41. The SMILES string of the molecule is [B]C(Nc1ccccc1)=C1C(=O)OC(C)(C)OC1=O. The first kappa shape index (κ1) is 13.2. The van der Waals surface area contributed by atoms with Crippen LogP contribution < -0.4 is 5.32 Å². The van der Waals surface area contributed by atoms with Crippen molar-refractivity contribution in [2.75, 3.05) is 5.32 Å². The van der Waals surface area contributed by atoms with Crippen LogP contribution in [0.3, 0.4) is 0 Å². The number of rotatable bonds is 2. The third-order valence-corrected chi connectivity index (χ3v) is 2.41. The van der Waals surface area contributed by atoms with Gasteiger partial charge in [-0.25, -0.2) is 9.59 Å². The van der Waals surface area contributed by atoms with E-state index in [9.17, 15) is 9.59 Å². The predicted molar refractivity (Wildman–Crippen MR) is 69.1 cm³/mol. The summed E-state index contributed by atoms with van der Waals surface area (Å²) < 4.78 is 9.91. The van der Waals surface area contributed by atoms with Gasteiger partial charge in [-0.3, -0.25) is 0 Å². The molecule has 2 radical (unpaired) electrons. The second kappa shape index (κ2) is 4.80. The minimum Gasteiger partial charge on any atom is -0.419 e. The quantitative estimate of drug-likeness (QED) is 0.374. The van der Waals surface area contributed by atoms with Gasteiger partial charge in [-0.05, 0) is 17.7 Å². The number of nitrogens with one attached hydrogen (secondary N) is 1. The summed E-state index contributed by atoms with van der Waals surface area (Å²) in [6, 6.07) is 8.91. The van der Waals surface area contributed by atoms with Crippen LogP contribution in [-0.4, -0.2) is 25.6 Å². The van der Waals surface area contributed by atoms with Gasteiger partial charge in [0.2, 0.25) is 0 Å². The molecule has 0 aliphatic carbocycles. The topological polar surface area (TPSA) is 64.6 Å². The third kappa shape index (κ3) is 2.96. The number of para-hydroxylation sites is 1. The highest BCUT2D eigenvalue weighted by atomic mass is 16.7. The first-order valence-corrected chi connectivity index (χ1v) is 5.67. The van der Waals surface area contributed by atoms with Crippen molar-refractivity contribution in [3.8, 4) is 0 Å². The lowest BCUT2D eigenvalue weighted by molar-refractivity contribution is -0.222. The Bertz CT molecular complexity index is 529. The Hall–Kier alpha value is -2.24. The molecule has 19 heavy (non-hydrogen) atoms. The van der Waals surface area contributed by atoms with Crippen molar-refractivity contribution in [3.63, 3.8) is 0 Å². The van der Waals surface area contributed by atoms with Crippen LogP contribution >= 0.6 is 0 Å². The molecule has 1 aliphatic heterocycles. The molecule has 96 valence electrons. The van der Waals surface area contributed by atoms with Crippen molar-refractivity contribution in [1.29, 1.82) is 0 Å². The molecule has 5 nitrogen and oxygen atoms in total. The maximum atomic E-state index is 11.8. The summed E-state index contributed by atoms with van der Waals surface area (Å²) in [5.74, 6) is -2.88. The Morgan fingerprint density at radius 1 is 1.11 bits per heavy atom. The van der Waals surface area contributed by atoms with Gasteiger partial charge in [-0.15, -0.1) is 0 Å². The van der Waals surface area contributed by atoms with E-state index in [0.29, 0.717) is 5.69 Å². The van der Waals surface area contributed by atoms with Crippen LogP contribution in [0.5, 0.6) is 0 Å². The number of esters is 2. The minimum absolute atomic E-state index is 0.100. The van der Waals surface area contributed by atoms with Crippen molar-refractivity contribution in [3.05, 3.63) is 41.5 Å². The summed E-state index contributed by atoms with van der Waals surface area (Å²) in [4.78, 5) is 23.5. The number of cyclic esters (lactones) is 2. The zero-order valence-electron chi connectivity index (χ0n) is 10.6. The van der Waals surface area contributed by atoms with Gasteiger partial charge in [0.25, 0.3) is 5.79 Å². The van der Waals surface area contributed by atoms with E-state index in [1.165, 1.54) is 13.8 Å². The molecule has 0 saturated carbocycles. The zero-order valence-corrected chi connectivity index (χ0v) is 10.6. The fraction of sp³-hybridized carbons (Fsp3) is 0.231. The van der Waals surface area contributed by atoms with Gasteiger partial charge in [0.05, 0.1) is 0 Å². The lowest BCUT2D eigenvalue weighted by Crippen LogP contribution is -2.42. The fourth-order valence-corrected chi connectivity index (χ4v) is 1.61. The van der Waals surface area contributed by atoms with E-state index in [0.717, 1.165) is 0 Å². The largest absolute Gasteiger partial charge is 0.419 e. The number of carbonyl (C=O) groups excluding carboxylic acids is 2. The van der Waals surface area contributed by atoms with Crippen LogP contribution in [0.15, 0.2) is 41.5 Å². The Morgan fingerprint density at radius 2 is 1.63 bits per heavy atom. The molecule has 1 aliphatic rings. The molecule has 1 heterocycles. The number of ether oxygens (including phenoxy) is 2. The van der Waals surface area contributed by atoms with Crippen molar-refractivity contribution >= 4 is 25.5 Å². The summed E-state index contributed by atoms with van der Waals surface area (Å²) in [7, 11) is 5.72. The molecule has 1 N–H and O–H groups in total. The predicted octanol–water partition coefficient (Wildman–Crippen LogP) is 1.31. The van der Waals surface area contributed by atoms with Gasteiger partial charge in [0.15, 0.2) is 5.57 Å². The molecule has 2 rings (SSSR count). The summed E-state index contributed by atoms with van der Waals surface area (Å²) in [5.41, 5.74) is 0.220. The normalized spacial score (nSPS) is 17.5. The van der Waals surface area contributed by atoms with Crippen LogP contribution in [0.1, 0.15) is 13.8 Å². The maximum Gasteiger partial charge on any atom is 0.349 e. The smallest absolute Gasteiger partial charge is 0.349 e. The van der Waals surface area contributed by atoms with E-state index in [2.05, 4.69) is 5.32 Å². The molecule has 0 bridgehead atoms. The molecule has 1 fully saturated rings. The Labute approximate surface area is 112 Å². The number of benzene rings is 1. The van der Waals surface area contributed by atoms with Crippen LogP contribution in [0.4, 0.5) is 5.69 Å². The van der Waals surface area contributed by atoms with Gasteiger partial charge in [-0.1, -0.05) is 18.2 Å². The van der Waals surface area contributed by atoms with E-state index in [4.69, 9.17) is 17.3 Å². The summed E-state index contributed by atoms with van der Waals surface area (Å²) >= 11 is 0. The van der Waals surface area contributed by atoms with Crippen molar-refractivity contribution in [2.24, 2.45) is 0 Å². The molecular formula is C13H12BNO4. The van der Waals surface area contributed by atoms with Gasteiger partial charge in [0.1, 0.15) is 7.85 Å². The van der Waals surface area contributed by atoms with Crippen molar-refractivity contribution < 1.29 is 19.1 Å². The first-order chi connectivity index (χ1) is 8.89. The van der Waals surface area contributed by atoms with Crippen LogP contribution in [0, 0.1) is 0 Å². The molecule has 0 amide bonds. The molecule has 1 saturated heterocycles. The molecule has 0 unspecified atom stereocenters. The lowest BCUT2D eigenvalue weighted by Gasteiger charge is -2.30. The Morgan fingerprint density at radius 3 is 2.16 bits per heavy atom. The Balaban J connectivity index is 2.26. The van der Waals surface area contributed by atoms with Gasteiger partial charge in [-0.2, -0.15) is 0 Å². The molecule has 0 spiro atoms. The molecule has 0 aromatic heterocycles. The summed E-state index contributed by atoms with van der Waals surface area (Å²) in [6.45, 7) is 2.95. The standard InChI is InChI=1S/C13H12BNO4/c1-13(2)18-11(16)9(12(17)19-13)10(14)15-8-6-4-3-5-7-8/h3-7,15H,1-2H3. The molecule has 1 aromatic carbocycles. The van der Waals surface area contributed by atoms with E-state index >= 15 is 0 Å². The fourth-order valence-electron chi connectivity index (χ4n) is 1.61. The average Bonchev–Trinajstić information content (AvgIpc) is 2.27. The summed E-state index contributed by atoms with van der Waals surface area (Å²) in [6.07, 6.45) is 0. The number of anilines is 1. The molecule has 0 atom stereocenters. The average molecular weight is 257 g/mol. The van der Waals surface area contributed by atoms with Crippen molar-refractivity contribution in [1.82, 2.24) is 0 Å². The Kier molecular flexibility index (Phi) is 3.33. The lowest BCUT2D eigenvalue weighted by atomic mass is 9.96. The maximum absolute atomic E-state index is 11.8.